The molecule has 5 nitrogen and oxygen atoms in total. The van der Waals surface area contributed by atoms with Crippen LogP contribution >= 0.6 is 11.6 Å². The molecule has 1 aromatic carbocycles. The number of nitrogens with one attached hydrogen (secondary N) is 1. The van der Waals surface area contributed by atoms with Gasteiger partial charge in [0, 0.05) is 24.0 Å². The average molecular weight is 351 g/mol. The first-order valence-electron chi connectivity index (χ1n) is 8.38. The molecule has 1 heterocycles. The van der Waals surface area contributed by atoms with E-state index in [4.69, 9.17) is 16.3 Å². The summed E-state index contributed by atoms with van der Waals surface area (Å²) in [6.07, 6.45) is 2.00. The van der Waals surface area contributed by atoms with Gasteiger partial charge in [0.2, 0.25) is 5.91 Å². The molecule has 0 spiro atoms. The van der Waals surface area contributed by atoms with Crippen LogP contribution in [0.3, 0.4) is 0 Å². The number of likely N-dealkylation sites (tertiary alicyclic amines) is 1. The summed E-state index contributed by atoms with van der Waals surface area (Å²) in [6, 6.07) is 7.54. The van der Waals surface area contributed by atoms with E-state index in [1.54, 1.807) is 0 Å². The molecule has 24 heavy (non-hydrogen) atoms. The lowest BCUT2D eigenvalue weighted by Crippen LogP contribution is -2.55. The van der Waals surface area contributed by atoms with E-state index < -0.39 is 0 Å². The number of hydrogen-bond acceptors (Lipinski definition) is 4. The molecule has 1 saturated carbocycles. The van der Waals surface area contributed by atoms with E-state index in [9.17, 15) is 9.59 Å². The van der Waals surface area contributed by atoms with Gasteiger partial charge >= 0.3 is 5.97 Å². The van der Waals surface area contributed by atoms with Crippen molar-refractivity contribution >= 4 is 23.5 Å². The summed E-state index contributed by atoms with van der Waals surface area (Å²) in [5, 5.41) is 3.68. The summed E-state index contributed by atoms with van der Waals surface area (Å²) >= 11 is 6.13. The molecule has 0 radical (unpaired) electrons. The van der Waals surface area contributed by atoms with Gasteiger partial charge in [-0.05, 0) is 42.9 Å². The van der Waals surface area contributed by atoms with Crippen LogP contribution in [0.25, 0.3) is 0 Å². The van der Waals surface area contributed by atoms with Gasteiger partial charge in [-0.2, -0.15) is 0 Å². The highest BCUT2D eigenvalue weighted by molar-refractivity contribution is 6.31. The summed E-state index contributed by atoms with van der Waals surface area (Å²) in [5.74, 6) is 0.867. The highest BCUT2D eigenvalue weighted by Gasteiger charge is 2.47. The fourth-order valence-corrected chi connectivity index (χ4v) is 4.00. The Hall–Kier alpha value is -1.59. The molecular formula is C18H23ClN2O3. The molecule has 1 N–H and O–H groups in total. The number of ether oxygens (including phenoxy) is 1. The second-order valence-electron chi connectivity index (χ2n) is 6.68. The molecule has 1 aliphatic heterocycles. The minimum absolute atomic E-state index is 0.0398. The number of methoxy groups -OCH3 is 1. The molecule has 1 aliphatic carbocycles. The number of fused-ring (bicyclic) bond motifs is 1. The van der Waals surface area contributed by atoms with Crippen LogP contribution in [-0.2, 0) is 20.9 Å². The summed E-state index contributed by atoms with van der Waals surface area (Å²) < 4.78 is 4.73. The fourth-order valence-electron chi connectivity index (χ4n) is 3.80. The van der Waals surface area contributed by atoms with Gasteiger partial charge in [0.1, 0.15) is 0 Å². The second kappa shape index (κ2) is 7.53. The van der Waals surface area contributed by atoms with Crippen LogP contribution < -0.4 is 5.32 Å². The van der Waals surface area contributed by atoms with Crippen molar-refractivity contribution in [2.24, 2.45) is 17.8 Å². The summed E-state index contributed by atoms with van der Waals surface area (Å²) in [6.45, 7) is 2.47. The number of halogens is 1. The van der Waals surface area contributed by atoms with E-state index in [-0.39, 0.29) is 17.8 Å². The van der Waals surface area contributed by atoms with E-state index in [0.717, 1.165) is 31.5 Å². The second-order valence-corrected chi connectivity index (χ2v) is 7.08. The molecule has 1 saturated heterocycles. The van der Waals surface area contributed by atoms with Crippen molar-refractivity contribution in [1.29, 1.82) is 0 Å². The summed E-state index contributed by atoms with van der Waals surface area (Å²) in [5.41, 5.74) is 0.930. The highest BCUT2D eigenvalue weighted by atomic mass is 35.5. The smallest absolute Gasteiger partial charge is 0.319 e. The Kier molecular flexibility index (Phi) is 5.41. The molecule has 3 rings (SSSR count). The van der Waals surface area contributed by atoms with Crippen molar-refractivity contribution in [3.8, 4) is 0 Å². The third kappa shape index (κ3) is 3.73. The van der Waals surface area contributed by atoms with Crippen molar-refractivity contribution < 1.29 is 14.3 Å². The van der Waals surface area contributed by atoms with Crippen molar-refractivity contribution in [1.82, 2.24) is 10.2 Å². The molecular weight excluding hydrogens is 328 g/mol. The first-order valence-corrected chi connectivity index (χ1v) is 8.76. The standard InChI is InChI=1S/C18H23ClN2O3/c1-24-17(22)11-21-7-6-12-8-14(15(12)10-21)18(23)20-9-13-4-2-3-5-16(13)19/h2-5,12,14-15H,6-11H2,1H3,(H,20,23)/t12-,14-,15-/m1/s1. The summed E-state index contributed by atoms with van der Waals surface area (Å²) in [4.78, 5) is 26.0. The molecule has 1 amide bonds. The maximum atomic E-state index is 12.5. The number of amides is 1. The van der Waals surface area contributed by atoms with Crippen LogP contribution in [-0.4, -0.2) is 43.5 Å². The van der Waals surface area contributed by atoms with Gasteiger partial charge in [-0.1, -0.05) is 29.8 Å². The topological polar surface area (TPSA) is 58.6 Å². The van der Waals surface area contributed by atoms with Crippen molar-refractivity contribution in [2.45, 2.75) is 19.4 Å². The van der Waals surface area contributed by atoms with Crippen LogP contribution in [0, 0.1) is 17.8 Å². The largest absolute Gasteiger partial charge is 0.468 e. The molecule has 0 unspecified atom stereocenters. The summed E-state index contributed by atoms with van der Waals surface area (Å²) in [7, 11) is 1.41. The minimum atomic E-state index is -0.215. The maximum Gasteiger partial charge on any atom is 0.319 e. The number of nitrogens with zero attached hydrogens (tertiary/aromatic N) is 1. The number of hydrogen-bond donors (Lipinski definition) is 1. The average Bonchev–Trinajstić information content (AvgIpc) is 2.56. The number of rotatable bonds is 5. The Balaban J connectivity index is 1.51. The predicted octanol–water partition coefficient (Wildman–Crippen LogP) is 2.09. The first-order chi connectivity index (χ1) is 11.6. The van der Waals surface area contributed by atoms with E-state index >= 15 is 0 Å². The molecule has 0 aromatic heterocycles. The zero-order valence-corrected chi connectivity index (χ0v) is 14.6. The van der Waals surface area contributed by atoms with E-state index in [1.807, 2.05) is 24.3 Å². The molecule has 6 heteroatoms. The fraction of sp³-hybridized carbons (Fsp3) is 0.556. The van der Waals surface area contributed by atoms with Crippen LogP contribution in [0.4, 0.5) is 0 Å². The molecule has 130 valence electrons. The van der Waals surface area contributed by atoms with E-state index in [1.165, 1.54) is 7.11 Å². The van der Waals surface area contributed by atoms with E-state index in [2.05, 4.69) is 10.2 Å². The quantitative estimate of drug-likeness (QED) is 0.826. The third-order valence-electron chi connectivity index (χ3n) is 5.29. The van der Waals surface area contributed by atoms with E-state index in [0.29, 0.717) is 29.9 Å². The highest BCUT2D eigenvalue weighted by Crippen LogP contribution is 2.45. The van der Waals surface area contributed by atoms with Crippen LogP contribution in [0.2, 0.25) is 5.02 Å². The Morgan fingerprint density at radius 1 is 1.38 bits per heavy atom. The third-order valence-corrected chi connectivity index (χ3v) is 5.66. The van der Waals surface area contributed by atoms with Gasteiger partial charge in [-0.3, -0.25) is 14.5 Å². The molecule has 0 bridgehead atoms. The maximum absolute atomic E-state index is 12.5. The van der Waals surface area contributed by atoms with Crippen molar-refractivity contribution in [3.05, 3.63) is 34.9 Å². The lowest BCUT2D eigenvalue weighted by atomic mass is 9.61. The zero-order valence-electron chi connectivity index (χ0n) is 13.8. The molecule has 2 aliphatic rings. The van der Waals surface area contributed by atoms with Crippen LogP contribution in [0.15, 0.2) is 24.3 Å². The Morgan fingerprint density at radius 2 is 2.17 bits per heavy atom. The van der Waals surface area contributed by atoms with Gasteiger partial charge < -0.3 is 10.1 Å². The van der Waals surface area contributed by atoms with Gasteiger partial charge in [-0.25, -0.2) is 0 Å². The minimum Gasteiger partial charge on any atom is -0.468 e. The lowest BCUT2D eigenvalue weighted by Gasteiger charge is -2.50. The molecule has 2 fully saturated rings. The van der Waals surface area contributed by atoms with Crippen LogP contribution in [0.5, 0.6) is 0 Å². The lowest BCUT2D eigenvalue weighted by molar-refractivity contribution is -0.145. The molecule has 3 atom stereocenters. The monoisotopic (exact) mass is 350 g/mol. The van der Waals surface area contributed by atoms with Gasteiger partial charge in [0.05, 0.1) is 13.7 Å². The zero-order chi connectivity index (χ0) is 17.1. The Morgan fingerprint density at radius 3 is 2.92 bits per heavy atom. The number of carbonyl (C=O) groups is 2. The normalized spacial score (nSPS) is 26.2. The SMILES string of the molecule is COC(=O)CN1CC[C@@H]2C[C@@H](C(=O)NCc3ccccc3Cl)[C@@H]2C1. The Labute approximate surface area is 147 Å². The number of esters is 1. The Bertz CT molecular complexity index is 622. The molecule has 1 aromatic rings. The van der Waals surface area contributed by atoms with Crippen molar-refractivity contribution in [3.63, 3.8) is 0 Å². The van der Waals surface area contributed by atoms with Gasteiger partial charge in [-0.15, -0.1) is 0 Å². The predicted molar refractivity (Wildman–Crippen MR) is 91.5 cm³/mol. The van der Waals surface area contributed by atoms with Gasteiger partial charge in [0.15, 0.2) is 0 Å². The first kappa shape index (κ1) is 17.2. The van der Waals surface area contributed by atoms with Gasteiger partial charge in [0.25, 0.3) is 0 Å². The van der Waals surface area contributed by atoms with Crippen molar-refractivity contribution in [2.75, 3.05) is 26.7 Å². The van der Waals surface area contributed by atoms with Crippen LogP contribution in [0.1, 0.15) is 18.4 Å². The number of benzene rings is 1. The number of piperidine rings is 1. The number of carbonyl (C=O) groups excluding carboxylic acids is 2.